The predicted molar refractivity (Wildman–Crippen MR) is 206 cm³/mol. The van der Waals surface area contributed by atoms with E-state index in [0.717, 1.165) is 35.2 Å². The Morgan fingerprint density at radius 1 is 1.00 bits per heavy atom. The van der Waals surface area contributed by atoms with Gasteiger partial charge in [-0.1, -0.05) is 105 Å². The number of ether oxygens (including phenoxy) is 1. The van der Waals surface area contributed by atoms with E-state index >= 15 is 0 Å². The first-order chi connectivity index (χ1) is 24.2. The highest BCUT2D eigenvalue weighted by molar-refractivity contribution is 7.98. The van der Waals surface area contributed by atoms with Crippen molar-refractivity contribution in [1.82, 2.24) is 25.5 Å². The van der Waals surface area contributed by atoms with Gasteiger partial charge in [0.1, 0.15) is 6.04 Å². The number of carbonyl (C=O) groups is 2. The standard InChI is InChI=1S/C41H51N5O3S/c1-6-29(2)37(45-41(3,38-24-42-28-43-38)23-30-18-19-31-12-7-8-14-33(31)22-30)26-46(25-34-16-11-15-32-13-9-10-17-35(32)34)27-39(47)44-36(20-21-50-5)40(48)49-4/h7-19,22,24,28-29,36-37,45H,6,20-21,23,25-27H2,1-5H3,(H,42,43)(H,44,47)/t29-,36-,37+,41?/m0/s1. The first-order valence-corrected chi connectivity index (χ1v) is 18.9. The summed E-state index contributed by atoms with van der Waals surface area (Å²) in [5.74, 6) is 0.410. The van der Waals surface area contributed by atoms with E-state index in [-0.39, 0.29) is 24.4 Å². The van der Waals surface area contributed by atoms with E-state index in [0.29, 0.717) is 19.5 Å². The van der Waals surface area contributed by atoms with Crippen molar-refractivity contribution >= 4 is 45.2 Å². The zero-order chi connectivity index (χ0) is 35.5. The molecule has 0 fully saturated rings. The molecule has 5 rings (SSSR count). The highest BCUT2D eigenvalue weighted by Gasteiger charge is 2.34. The zero-order valence-corrected chi connectivity index (χ0v) is 30.8. The largest absolute Gasteiger partial charge is 0.467 e. The smallest absolute Gasteiger partial charge is 0.328 e. The van der Waals surface area contributed by atoms with Gasteiger partial charge in [-0.3, -0.25) is 9.69 Å². The lowest BCUT2D eigenvalue weighted by Gasteiger charge is -2.39. The van der Waals surface area contributed by atoms with Gasteiger partial charge in [-0.15, -0.1) is 0 Å². The van der Waals surface area contributed by atoms with Crippen molar-refractivity contribution in [2.75, 3.05) is 32.2 Å². The maximum atomic E-state index is 13.7. The molecule has 1 amide bonds. The van der Waals surface area contributed by atoms with Gasteiger partial charge in [-0.25, -0.2) is 9.78 Å². The van der Waals surface area contributed by atoms with Gasteiger partial charge < -0.3 is 20.4 Å². The number of aromatic nitrogens is 2. The molecule has 0 aliphatic heterocycles. The van der Waals surface area contributed by atoms with E-state index in [2.05, 4.69) is 125 Å². The molecule has 0 aliphatic carbocycles. The number of hydrogen-bond donors (Lipinski definition) is 3. The van der Waals surface area contributed by atoms with Crippen LogP contribution in [-0.4, -0.2) is 71.0 Å². The van der Waals surface area contributed by atoms with Crippen molar-refractivity contribution in [2.45, 2.75) is 64.2 Å². The summed E-state index contributed by atoms with van der Waals surface area (Å²) in [5, 5.41) is 11.8. The molecule has 4 atom stereocenters. The molecule has 0 saturated heterocycles. The summed E-state index contributed by atoms with van der Waals surface area (Å²) in [5.41, 5.74) is 2.90. The van der Waals surface area contributed by atoms with Crippen LogP contribution in [-0.2, 0) is 32.8 Å². The maximum absolute atomic E-state index is 13.7. The Morgan fingerprint density at radius 2 is 1.74 bits per heavy atom. The van der Waals surface area contributed by atoms with Crippen molar-refractivity contribution in [2.24, 2.45) is 5.92 Å². The number of aromatic amines is 1. The molecule has 4 aromatic carbocycles. The molecule has 3 N–H and O–H groups in total. The number of nitrogens with one attached hydrogen (secondary N) is 3. The van der Waals surface area contributed by atoms with E-state index in [1.54, 1.807) is 18.1 Å². The van der Waals surface area contributed by atoms with Crippen LogP contribution >= 0.6 is 11.8 Å². The fraction of sp³-hybridized carbons (Fsp3) is 0.390. The van der Waals surface area contributed by atoms with Gasteiger partial charge in [0.25, 0.3) is 0 Å². The Labute approximate surface area is 300 Å². The van der Waals surface area contributed by atoms with Crippen LogP contribution in [0.5, 0.6) is 0 Å². The van der Waals surface area contributed by atoms with Gasteiger partial charge in [-0.05, 0) is 70.4 Å². The van der Waals surface area contributed by atoms with Gasteiger partial charge in [-0.2, -0.15) is 11.8 Å². The van der Waals surface area contributed by atoms with Crippen LogP contribution in [0.25, 0.3) is 21.5 Å². The van der Waals surface area contributed by atoms with E-state index in [9.17, 15) is 9.59 Å². The molecule has 1 aromatic heterocycles. The number of rotatable bonds is 18. The summed E-state index contributed by atoms with van der Waals surface area (Å²) in [7, 11) is 1.37. The molecular formula is C41H51N5O3S. The summed E-state index contributed by atoms with van der Waals surface area (Å²) in [6.45, 7) is 8.04. The first-order valence-electron chi connectivity index (χ1n) is 17.5. The molecule has 0 bridgehead atoms. The first kappa shape index (κ1) is 37.1. The molecule has 5 aromatic rings. The number of thioether (sulfide) groups is 1. The molecule has 264 valence electrons. The fourth-order valence-electron chi connectivity index (χ4n) is 6.80. The molecule has 0 aliphatic rings. The quantitative estimate of drug-likeness (QED) is 0.0843. The minimum absolute atomic E-state index is 0.0180. The SMILES string of the molecule is CC[C@H](C)[C@@H](CN(CC(=O)N[C@@H](CCSC)C(=O)OC)Cc1cccc2ccccc12)NC(C)(Cc1ccc2ccccc2c1)c1cnc[nH]1. The third-order valence-corrected chi connectivity index (χ3v) is 10.5. The van der Waals surface area contributed by atoms with Crippen molar-refractivity contribution in [1.29, 1.82) is 0 Å². The summed E-state index contributed by atoms with van der Waals surface area (Å²) < 4.78 is 5.04. The molecule has 50 heavy (non-hydrogen) atoms. The minimum Gasteiger partial charge on any atom is -0.467 e. The number of H-pyrrole nitrogens is 1. The average molecular weight is 694 g/mol. The zero-order valence-electron chi connectivity index (χ0n) is 29.9. The van der Waals surface area contributed by atoms with Gasteiger partial charge in [0.2, 0.25) is 5.91 Å². The second-order valence-corrected chi connectivity index (χ2v) is 14.5. The topological polar surface area (TPSA) is 99.3 Å². The fourth-order valence-corrected chi connectivity index (χ4v) is 7.28. The van der Waals surface area contributed by atoms with Gasteiger partial charge in [0.15, 0.2) is 0 Å². The predicted octanol–water partition coefficient (Wildman–Crippen LogP) is 7.09. The number of amides is 1. The number of carbonyl (C=O) groups excluding carboxylic acids is 2. The van der Waals surface area contributed by atoms with Crippen molar-refractivity contribution in [3.8, 4) is 0 Å². The van der Waals surface area contributed by atoms with Crippen LogP contribution in [0.4, 0.5) is 0 Å². The van der Waals surface area contributed by atoms with E-state index < -0.39 is 17.6 Å². The minimum atomic E-state index is -0.687. The molecule has 1 heterocycles. The number of esters is 1. The van der Waals surface area contributed by atoms with Crippen molar-refractivity contribution in [3.05, 3.63) is 114 Å². The number of hydrogen-bond acceptors (Lipinski definition) is 7. The Morgan fingerprint density at radius 3 is 2.46 bits per heavy atom. The van der Waals surface area contributed by atoms with Crippen LogP contribution in [0.3, 0.4) is 0 Å². The molecule has 8 nitrogen and oxygen atoms in total. The molecule has 9 heteroatoms. The third kappa shape index (κ3) is 9.53. The molecule has 0 spiro atoms. The number of imidazole rings is 1. The summed E-state index contributed by atoms with van der Waals surface area (Å²) in [6.07, 6.45) is 7.84. The number of nitrogens with zero attached hydrogens (tertiary/aromatic N) is 2. The lowest BCUT2D eigenvalue weighted by Crippen LogP contribution is -2.55. The van der Waals surface area contributed by atoms with Gasteiger partial charge >= 0.3 is 5.97 Å². The Bertz CT molecular complexity index is 1840. The number of benzene rings is 4. The van der Waals surface area contributed by atoms with Gasteiger partial charge in [0, 0.05) is 25.3 Å². The Hall–Kier alpha value is -4.18. The normalized spacial score (nSPS) is 14.7. The summed E-state index contributed by atoms with van der Waals surface area (Å²) in [6, 6.07) is 29.2. The van der Waals surface area contributed by atoms with E-state index in [1.807, 2.05) is 18.5 Å². The summed E-state index contributed by atoms with van der Waals surface area (Å²) >= 11 is 1.64. The van der Waals surface area contributed by atoms with E-state index in [1.165, 1.54) is 28.8 Å². The monoisotopic (exact) mass is 693 g/mol. The Balaban J connectivity index is 1.46. The van der Waals surface area contributed by atoms with Crippen LogP contribution in [0.1, 0.15) is 50.4 Å². The van der Waals surface area contributed by atoms with Crippen LogP contribution in [0.15, 0.2) is 97.5 Å². The molecule has 1 unspecified atom stereocenters. The average Bonchev–Trinajstić information content (AvgIpc) is 3.69. The third-order valence-electron chi connectivity index (χ3n) is 9.83. The van der Waals surface area contributed by atoms with Crippen molar-refractivity contribution in [3.63, 3.8) is 0 Å². The number of fused-ring (bicyclic) bond motifs is 2. The van der Waals surface area contributed by atoms with Gasteiger partial charge in [0.05, 0.1) is 31.2 Å². The van der Waals surface area contributed by atoms with E-state index in [4.69, 9.17) is 4.74 Å². The molecular weight excluding hydrogens is 643 g/mol. The van der Waals surface area contributed by atoms with Crippen LogP contribution < -0.4 is 10.6 Å². The summed E-state index contributed by atoms with van der Waals surface area (Å²) in [4.78, 5) is 36.4. The second kappa shape index (κ2) is 17.7. The maximum Gasteiger partial charge on any atom is 0.328 e. The lowest BCUT2D eigenvalue weighted by atomic mass is 9.86. The van der Waals surface area contributed by atoms with Crippen molar-refractivity contribution < 1.29 is 14.3 Å². The van der Waals surface area contributed by atoms with Crippen LogP contribution in [0, 0.1) is 5.92 Å². The highest BCUT2D eigenvalue weighted by Crippen LogP contribution is 2.29. The Kier molecular flexibility index (Phi) is 13.1. The molecule has 0 saturated carbocycles. The van der Waals surface area contributed by atoms with Crippen LogP contribution in [0.2, 0.25) is 0 Å². The highest BCUT2D eigenvalue weighted by atomic mass is 32.2. The molecule has 0 radical (unpaired) electrons. The number of methoxy groups -OCH3 is 1. The lowest BCUT2D eigenvalue weighted by molar-refractivity contribution is -0.145. The second-order valence-electron chi connectivity index (χ2n) is 13.5.